The summed E-state index contributed by atoms with van der Waals surface area (Å²) in [5.74, 6) is 0. The van der Waals surface area contributed by atoms with E-state index in [0.717, 1.165) is 18.9 Å². The van der Waals surface area contributed by atoms with Crippen LogP contribution in [0, 0.1) is 0 Å². The van der Waals surface area contributed by atoms with Gasteiger partial charge in [0.1, 0.15) is 0 Å². The number of halogens is 4. The maximum absolute atomic E-state index is 12.7. The lowest BCUT2D eigenvalue weighted by Crippen LogP contribution is -2.49. The quantitative estimate of drug-likeness (QED) is 0.536. The molecule has 0 spiro atoms. The molecule has 1 aliphatic rings. The van der Waals surface area contributed by atoms with E-state index in [-0.39, 0.29) is 28.9 Å². The van der Waals surface area contributed by atoms with E-state index in [2.05, 4.69) is 33.9 Å². The maximum atomic E-state index is 12.7. The molecule has 0 amide bonds. The number of ether oxygens (including phenoxy) is 1. The van der Waals surface area contributed by atoms with E-state index in [1.54, 1.807) is 0 Å². The minimum atomic E-state index is -4.43. The van der Waals surface area contributed by atoms with Crippen molar-refractivity contribution >= 4 is 19.9 Å². The molecule has 1 aromatic carbocycles. The van der Waals surface area contributed by atoms with Crippen LogP contribution < -0.4 is 0 Å². The van der Waals surface area contributed by atoms with Gasteiger partial charge < -0.3 is 9.16 Å². The minimum Gasteiger partial charge on any atom is -0.414 e. The van der Waals surface area contributed by atoms with Gasteiger partial charge in [0.25, 0.3) is 0 Å². The summed E-state index contributed by atoms with van der Waals surface area (Å²) in [6, 6.07) is 3.74. The van der Waals surface area contributed by atoms with Crippen molar-refractivity contribution in [3.8, 4) is 0 Å². The van der Waals surface area contributed by atoms with Crippen LogP contribution in [0.4, 0.5) is 13.2 Å². The van der Waals surface area contributed by atoms with E-state index in [0.29, 0.717) is 5.56 Å². The van der Waals surface area contributed by atoms with Crippen LogP contribution in [0.2, 0.25) is 23.2 Å². The molecule has 1 aromatic rings. The Morgan fingerprint density at radius 2 is 1.72 bits per heavy atom. The fraction of sp³-hybridized carbons (Fsp3) is 0.667. The summed E-state index contributed by atoms with van der Waals surface area (Å²) in [6.07, 6.45) is -2.45. The molecule has 2 nitrogen and oxygen atoms in total. The van der Waals surface area contributed by atoms with E-state index < -0.39 is 20.1 Å². The predicted molar refractivity (Wildman–Crippen MR) is 96.3 cm³/mol. The molecule has 0 atom stereocenters. The molecular weight excluding hydrogens is 369 g/mol. The Bertz CT molecular complexity index is 605. The monoisotopic (exact) mass is 394 g/mol. The number of benzene rings is 1. The van der Waals surface area contributed by atoms with Crippen LogP contribution in [-0.4, -0.2) is 20.5 Å². The van der Waals surface area contributed by atoms with E-state index in [4.69, 9.17) is 20.8 Å². The van der Waals surface area contributed by atoms with Gasteiger partial charge in [-0.1, -0.05) is 38.4 Å². The Hall–Kier alpha value is -0.563. The average Bonchev–Trinajstić information content (AvgIpc) is 2.38. The highest BCUT2D eigenvalue weighted by Crippen LogP contribution is 2.41. The molecule has 2 rings (SSSR count). The van der Waals surface area contributed by atoms with E-state index in [9.17, 15) is 13.2 Å². The largest absolute Gasteiger partial charge is 0.417 e. The van der Waals surface area contributed by atoms with Crippen LogP contribution in [0.25, 0.3) is 0 Å². The molecule has 0 aliphatic heterocycles. The van der Waals surface area contributed by atoms with Crippen molar-refractivity contribution in [2.24, 2.45) is 0 Å². The number of alkyl halides is 3. The second kappa shape index (κ2) is 7.22. The second-order valence-electron chi connectivity index (χ2n) is 8.22. The molecule has 0 heterocycles. The molecule has 0 unspecified atom stereocenters. The van der Waals surface area contributed by atoms with Crippen LogP contribution in [0.3, 0.4) is 0 Å². The summed E-state index contributed by atoms with van der Waals surface area (Å²) >= 11 is 5.72. The fourth-order valence-electron chi connectivity index (χ4n) is 2.44. The normalized spacial score (nSPS) is 22.0. The number of hydrogen-bond acceptors (Lipinski definition) is 2. The summed E-state index contributed by atoms with van der Waals surface area (Å²) in [5, 5.41) is -0.114. The topological polar surface area (TPSA) is 18.5 Å². The summed E-state index contributed by atoms with van der Waals surface area (Å²) in [5.41, 5.74) is -0.170. The molecule has 0 bridgehead atoms. The minimum absolute atomic E-state index is 0.0934. The van der Waals surface area contributed by atoms with Crippen LogP contribution >= 0.6 is 11.6 Å². The average molecular weight is 395 g/mol. The zero-order valence-electron chi connectivity index (χ0n) is 15.3. The van der Waals surface area contributed by atoms with E-state index in [1.807, 2.05) is 0 Å². The van der Waals surface area contributed by atoms with Gasteiger partial charge in [-0.2, -0.15) is 13.2 Å². The van der Waals surface area contributed by atoms with Crippen molar-refractivity contribution in [2.45, 2.75) is 76.7 Å². The highest BCUT2D eigenvalue weighted by molar-refractivity contribution is 6.74. The molecule has 0 aromatic heterocycles. The third-order valence-electron chi connectivity index (χ3n) is 5.14. The lowest BCUT2D eigenvalue weighted by Gasteiger charge is -2.44. The molecule has 1 saturated carbocycles. The smallest absolute Gasteiger partial charge is 0.414 e. The van der Waals surface area contributed by atoms with Gasteiger partial charge in [-0.3, -0.25) is 0 Å². The van der Waals surface area contributed by atoms with Crippen molar-refractivity contribution in [3.05, 3.63) is 34.3 Å². The Morgan fingerprint density at radius 3 is 2.20 bits per heavy atom. The first-order valence-electron chi connectivity index (χ1n) is 8.44. The van der Waals surface area contributed by atoms with Gasteiger partial charge in [0.15, 0.2) is 8.32 Å². The first kappa shape index (κ1) is 20.7. The van der Waals surface area contributed by atoms with Crippen LogP contribution in [-0.2, 0) is 21.9 Å². The molecule has 1 aliphatic carbocycles. The first-order valence-corrected chi connectivity index (χ1v) is 11.7. The Kier molecular flexibility index (Phi) is 5.99. The van der Waals surface area contributed by atoms with Gasteiger partial charge in [-0.25, -0.2) is 0 Å². The molecule has 0 radical (unpaired) electrons. The lowest BCUT2D eigenvalue weighted by atomic mass is 9.92. The van der Waals surface area contributed by atoms with E-state index >= 15 is 0 Å². The molecule has 0 N–H and O–H groups in total. The van der Waals surface area contributed by atoms with Crippen LogP contribution in [0.5, 0.6) is 0 Å². The third kappa shape index (κ3) is 5.22. The first-order chi connectivity index (χ1) is 11.3. The van der Waals surface area contributed by atoms with Crippen molar-refractivity contribution < 1.29 is 22.3 Å². The van der Waals surface area contributed by atoms with Gasteiger partial charge in [0, 0.05) is 6.10 Å². The fourth-order valence-corrected chi connectivity index (χ4v) is 4.13. The lowest BCUT2D eigenvalue weighted by molar-refractivity contribution is -0.137. The Labute approximate surface area is 153 Å². The molecular formula is C18H26ClF3O2Si. The van der Waals surface area contributed by atoms with Gasteiger partial charge in [0.2, 0.25) is 0 Å². The molecule has 0 saturated heterocycles. The van der Waals surface area contributed by atoms with Crippen molar-refractivity contribution in [1.82, 2.24) is 0 Å². The number of hydrogen-bond donors (Lipinski definition) is 0. The van der Waals surface area contributed by atoms with Crippen LogP contribution in [0.1, 0.15) is 44.7 Å². The summed E-state index contributed by atoms with van der Waals surface area (Å²) < 4.78 is 50.2. The number of rotatable bonds is 5. The van der Waals surface area contributed by atoms with Crippen LogP contribution in [0.15, 0.2) is 18.2 Å². The predicted octanol–water partition coefficient (Wildman–Crippen LogP) is 6.43. The van der Waals surface area contributed by atoms with Crippen molar-refractivity contribution in [2.75, 3.05) is 0 Å². The second-order valence-corrected chi connectivity index (χ2v) is 13.4. The summed E-state index contributed by atoms with van der Waals surface area (Å²) in [6.45, 7) is 11.3. The van der Waals surface area contributed by atoms with Crippen molar-refractivity contribution in [1.29, 1.82) is 0 Å². The Balaban J connectivity index is 1.81. The molecule has 7 heteroatoms. The van der Waals surface area contributed by atoms with E-state index in [1.165, 1.54) is 12.1 Å². The summed E-state index contributed by atoms with van der Waals surface area (Å²) in [4.78, 5) is 0. The molecule has 25 heavy (non-hydrogen) atoms. The third-order valence-corrected chi connectivity index (χ3v) is 9.99. The zero-order valence-corrected chi connectivity index (χ0v) is 17.1. The zero-order chi connectivity index (χ0) is 19.0. The highest BCUT2D eigenvalue weighted by atomic mass is 35.5. The molecule has 1 fully saturated rings. The van der Waals surface area contributed by atoms with Gasteiger partial charge in [-0.05, 0) is 48.7 Å². The van der Waals surface area contributed by atoms with Gasteiger partial charge in [-0.15, -0.1) is 0 Å². The van der Waals surface area contributed by atoms with Gasteiger partial charge in [0.05, 0.1) is 23.3 Å². The molecule has 142 valence electrons. The highest BCUT2D eigenvalue weighted by Gasteiger charge is 2.42. The SMILES string of the molecule is CC(C)(C)[Si](C)(C)OC1CC(OCc2ccc(C(F)(F)F)c(Cl)c2)C1. The van der Waals surface area contributed by atoms with Crippen molar-refractivity contribution in [3.63, 3.8) is 0 Å². The summed E-state index contributed by atoms with van der Waals surface area (Å²) in [7, 11) is -1.77. The van der Waals surface area contributed by atoms with Gasteiger partial charge >= 0.3 is 6.18 Å². The Morgan fingerprint density at radius 1 is 1.12 bits per heavy atom. The maximum Gasteiger partial charge on any atom is 0.417 e. The standard InChI is InChI=1S/C18H26ClF3O2Si/c1-17(2,3)25(4,5)24-14-9-13(10-14)23-11-12-6-7-15(16(19)8-12)18(20,21)22/h6-8,13-14H,9-11H2,1-5H3.